The lowest BCUT2D eigenvalue weighted by molar-refractivity contribution is 0.0993. The van der Waals surface area contributed by atoms with E-state index in [9.17, 15) is 9.59 Å². The summed E-state index contributed by atoms with van der Waals surface area (Å²) in [5.41, 5.74) is 4.79. The molecule has 0 aliphatic carbocycles. The van der Waals surface area contributed by atoms with Crippen molar-refractivity contribution in [3.8, 4) is 17.1 Å². The summed E-state index contributed by atoms with van der Waals surface area (Å²) in [5.74, 6) is 0.707. The molecule has 3 aromatic heterocycles. The van der Waals surface area contributed by atoms with Gasteiger partial charge in [0.1, 0.15) is 11.1 Å². The minimum Gasteiger partial charge on any atom is -0.480 e. The van der Waals surface area contributed by atoms with E-state index in [1.807, 2.05) is 45.3 Å². The zero-order chi connectivity index (χ0) is 29.0. The van der Waals surface area contributed by atoms with Gasteiger partial charge in [0, 0.05) is 44.6 Å². The van der Waals surface area contributed by atoms with Crippen molar-refractivity contribution in [3.63, 3.8) is 0 Å². The van der Waals surface area contributed by atoms with Crippen LogP contribution in [-0.4, -0.2) is 46.2 Å². The Morgan fingerprint density at radius 2 is 1.80 bits per heavy atom. The number of halogens is 2. The number of aryl methyl sites for hydroxylation is 2. The van der Waals surface area contributed by atoms with Gasteiger partial charge in [-0.25, -0.2) is 4.98 Å². The van der Waals surface area contributed by atoms with Crippen molar-refractivity contribution < 1.29 is 9.53 Å². The Kier molecular flexibility index (Phi) is 7.14. The van der Waals surface area contributed by atoms with Crippen LogP contribution in [0.4, 0.5) is 11.6 Å². The Morgan fingerprint density at radius 1 is 1.07 bits per heavy atom. The molecule has 0 saturated heterocycles. The van der Waals surface area contributed by atoms with Crippen molar-refractivity contribution in [2.75, 3.05) is 31.0 Å². The highest BCUT2D eigenvalue weighted by molar-refractivity contribution is 6.31. The standard InChI is InChI=1S/C29H30Cl2N6O3/c1-15(2)36-23(21-13-32-29(34(4)5)33-26(21)40-7)12-20-25(36)24(19-9-8-17(30)10-16(19)3)37(27(20)38)18-11-22(31)28(39)35(6)14-18/h8-15,24H,1-7H3. The van der Waals surface area contributed by atoms with Crippen LogP contribution in [0.3, 0.4) is 0 Å². The average Bonchev–Trinajstić information content (AvgIpc) is 3.42. The van der Waals surface area contributed by atoms with E-state index < -0.39 is 6.04 Å². The molecule has 0 saturated carbocycles. The molecule has 208 valence electrons. The maximum absolute atomic E-state index is 14.3. The summed E-state index contributed by atoms with van der Waals surface area (Å²) in [4.78, 5) is 39.2. The summed E-state index contributed by atoms with van der Waals surface area (Å²) in [6.07, 6.45) is 3.36. The molecule has 0 N–H and O–H groups in total. The van der Waals surface area contributed by atoms with E-state index in [1.54, 1.807) is 42.4 Å². The minimum atomic E-state index is -0.516. The first-order valence-corrected chi connectivity index (χ1v) is 13.5. The van der Waals surface area contributed by atoms with Crippen LogP contribution >= 0.6 is 23.2 Å². The van der Waals surface area contributed by atoms with Gasteiger partial charge in [-0.1, -0.05) is 29.3 Å². The third-order valence-electron chi connectivity index (χ3n) is 7.10. The van der Waals surface area contributed by atoms with Crippen LogP contribution in [0, 0.1) is 6.92 Å². The number of carbonyl (C=O) groups excluding carboxylic acids is 1. The summed E-state index contributed by atoms with van der Waals surface area (Å²) in [5, 5.41) is 0.636. The molecule has 4 aromatic rings. The number of hydrogen-bond donors (Lipinski definition) is 0. The largest absolute Gasteiger partial charge is 0.480 e. The van der Waals surface area contributed by atoms with Crippen molar-refractivity contribution in [2.24, 2.45) is 7.05 Å². The highest BCUT2D eigenvalue weighted by Crippen LogP contribution is 2.47. The maximum Gasteiger partial charge on any atom is 0.269 e. The summed E-state index contributed by atoms with van der Waals surface area (Å²) in [6.45, 7) is 6.09. The monoisotopic (exact) mass is 580 g/mol. The second-order valence-electron chi connectivity index (χ2n) is 10.3. The number of nitrogens with zero attached hydrogens (tertiary/aromatic N) is 6. The average molecular weight is 582 g/mol. The van der Waals surface area contributed by atoms with Gasteiger partial charge in [0.2, 0.25) is 11.8 Å². The summed E-state index contributed by atoms with van der Waals surface area (Å²) in [6, 6.07) is 8.50. The molecular formula is C29H30Cl2N6O3. The molecule has 0 bridgehead atoms. The number of pyridine rings is 1. The molecular weight excluding hydrogens is 551 g/mol. The van der Waals surface area contributed by atoms with Gasteiger partial charge in [-0.15, -0.1) is 0 Å². The molecule has 9 nitrogen and oxygen atoms in total. The van der Waals surface area contributed by atoms with Crippen molar-refractivity contribution in [1.82, 2.24) is 19.1 Å². The van der Waals surface area contributed by atoms with Gasteiger partial charge in [0.05, 0.1) is 35.3 Å². The highest BCUT2D eigenvalue weighted by Gasteiger charge is 2.44. The number of carbonyl (C=O) groups is 1. The van der Waals surface area contributed by atoms with Crippen molar-refractivity contribution in [2.45, 2.75) is 32.9 Å². The predicted molar refractivity (Wildman–Crippen MR) is 158 cm³/mol. The molecule has 0 fully saturated rings. The van der Waals surface area contributed by atoms with Crippen LogP contribution < -0.4 is 20.1 Å². The van der Waals surface area contributed by atoms with Gasteiger partial charge < -0.3 is 18.8 Å². The Balaban J connectivity index is 1.81. The first kappa shape index (κ1) is 27.7. The minimum absolute atomic E-state index is 0.0336. The third-order valence-corrected chi connectivity index (χ3v) is 7.60. The Bertz CT molecular complexity index is 1680. The second-order valence-corrected chi connectivity index (χ2v) is 11.2. The quantitative estimate of drug-likeness (QED) is 0.292. The molecule has 0 spiro atoms. The normalized spacial score (nSPS) is 14.7. The molecule has 1 aromatic carbocycles. The van der Waals surface area contributed by atoms with Crippen LogP contribution in [0.1, 0.15) is 53.1 Å². The van der Waals surface area contributed by atoms with Crippen LogP contribution in [0.2, 0.25) is 10.0 Å². The molecule has 1 unspecified atom stereocenters. The number of methoxy groups -OCH3 is 1. The van der Waals surface area contributed by atoms with Gasteiger partial charge in [0.15, 0.2) is 0 Å². The van der Waals surface area contributed by atoms with Crippen LogP contribution in [0.5, 0.6) is 5.88 Å². The summed E-state index contributed by atoms with van der Waals surface area (Å²) in [7, 11) is 6.90. The number of anilines is 2. The number of amides is 1. The lowest BCUT2D eigenvalue weighted by Gasteiger charge is -2.30. The fraction of sp³-hybridized carbons (Fsp3) is 0.310. The molecule has 40 heavy (non-hydrogen) atoms. The number of ether oxygens (including phenoxy) is 1. The van der Waals surface area contributed by atoms with Gasteiger partial charge >= 0.3 is 0 Å². The number of fused-ring (bicyclic) bond motifs is 1. The number of hydrogen-bond acceptors (Lipinski definition) is 6. The van der Waals surface area contributed by atoms with Crippen LogP contribution in [0.15, 0.2) is 47.5 Å². The molecule has 1 aliphatic heterocycles. The Labute approximate surface area is 242 Å². The van der Waals surface area contributed by atoms with Crippen LogP contribution in [-0.2, 0) is 7.05 Å². The van der Waals surface area contributed by atoms with Gasteiger partial charge in [0.25, 0.3) is 11.5 Å². The zero-order valence-corrected chi connectivity index (χ0v) is 24.9. The maximum atomic E-state index is 14.3. The summed E-state index contributed by atoms with van der Waals surface area (Å²) >= 11 is 12.6. The second kappa shape index (κ2) is 10.3. The highest BCUT2D eigenvalue weighted by atomic mass is 35.5. The van der Waals surface area contributed by atoms with Gasteiger partial charge in [-0.05, 0) is 56.2 Å². The molecule has 11 heteroatoms. The van der Waals surface area contributed by atoms with Crippen LogP contribution in [0.25, 0.3) is 11.3 Å². The Morgan fingerprint density at radius 3 is 2.40 bits per heavy atom. The smallest absolute Gasteiger partial charge is 0.269 e. The molecule has 5 rings (SSSR count). The van der Waals surface area contributed by atoms with Crippen molar-refractivity contribution in [3.05, 3.63) is 85.5 Å². The van der Waals surface area contributed by atoms with Gasteiger partial charge in [-0.3, -0.25) is 14.5 Å². The molecule has 1 aliphatic rings. The lowest BCUT2D eigenvalue weighted by atomic mass is 9.98. The predicted octanol–water partition coefficient (Wildman–Crippen LogP) is 5.66. The SMILES string of the molecule is COc1nc(N(C)C)ncc1-c1cc2c(n1C(C)C)C(c1ccc(Cl)cc1C)N(c1cc(Cl)c(=O)n(C)c1)C2=O. The van der Waals surface area contributed by atoms with E-state index in [-0.39, 0.29) is 22.5 Å². The van der Waals surface area contributed by atoms with E-state index in [0.717, 1.165) is 22.5 Å². The summed E-state index contributed by atoms with van der Waals surface area (Å²) < 4.78 is 9.19. The first-order valence-electron chi connectivity index (χ1n) is 12.7. The van der Waals surface area contributed by atoms with Crippen molar-refractivity contribution >= 4 is 40.7 Å². The van der Waals surface area contributed by atoms with E-state index in [0.29, 0.717) is 33.7 Å². The fourth-order valence-corrected chi connectivity index (χ4v) is 5.78. The number of benzene rings is 1. The molecule has 1 atom stereocenters. The van der Waals surface area contributed by atoms with Gasteiger partial charge in [-0.2, -0.15) is 4.98 Å². The lowest BCUT2D eigenvalue weighted by Crippen LogP contribution is -2.32. The van der Waals surface area contributed by atoms with E-state index in [1.165, 1.54) is 4.57 Å². The fourth-order valence-electron chi connectivity index (χ4n) is 5.31. The zero-order valence-electron chi connectivity index (χ0n) is 23.4. The molecule has 4 heterocycles. The first-order chi connectivity index (χ1) is 18.9. The number of rotatable bonds is 6. The van der Waals surface area contributed by atoms with E-state index in [4.69, 9.17) is 27.9 Å². The number of aromatic nitrogens is 4. The Hall–Kier alpha value is -3.82. The molecule has 1 amide bonds. The molecule has 0 radical (unpaired) electrons. The third kappa shape index (κ3) is 4.43. The van der Waals surface area contributed by atoms with Crippen molar-refractivity contribution in [1.29, 1.82) is 0 Å². The van der Waals surface area contributed by atoms with E-state index >= 15 is 0 Å². The topological polar surface area (TPSA) is 85.5 Å². The van der Waals surface area contributed by atoms with E-state index in [2.05, 4.69) is 28.4 Å².